The third-order valence-electron chi connectivity index (χ3n) is 3.78. The van der Waals surface area contributed by atoms with E-state index in [9.17, 15) is 4.79 Å². The number of amides is 1. The Balaban J connectivity index is 1.72. The van der Waals surface area contributed by atoms with Gasteiger partial charge in [-0.25, -0.2) is 0 Å². The second-order valence-corrected chi connectivity index (χ2v) is 5.42. The molecule has 1 aliphatic heterocycles. The molecule has 1 aliphatic rings. The first-order valence-electron chi connectivity index (χ1n) is 7.36. The Morgan fingerprint density at radius 2 is 2.10 bits per heavy atom. The van der Waals surface area contributed by atoms with E-state index >= 15 is 0 Å². The van der Waals surface area contributed by atoms with E-state index in [0.29, 0.717) is 6.54 Å². The molecular formula is C16H24N2O2. The van der Waals surface area contributed by atoms with Crippen LogP contribution in [-0.4, -0.2) is 31.2 Å². The molecular weight excluding hydrogens is 252 g/mol. The van der Waals surface area contributed by atoms with Gasteiger partial charge in [-0.2, -0.15) is 0 Å². The van der Waals surface area contributed by atoms with E-state index in [1.165, 1.54) is 0 Å². The molecule has 3 unspecified atom stereocenters. The molecule has 20 heavy (non-hydrogen) atoms. The lowest BCUT2D eigenvalue weighted by molar-refractivity contribution is -0.121. The number of carbonyl (C=O) groups is 1. The molecule has 110 valence electrons. The van der Waals surface area contributed by atoms with Gasteiger partial charge < -0.3 is 15.4 Å². The number of hydrogen-bond acceptors (Lipinski definition) is 3. The zero-order chi connectivity index (χ0) is 14.4. The van der Waals surface area contributed by atoms with Crippen LogP contribution in [0.5, 0.6) is 0 Å². The van der Waals surface area contributed by atoms with Crippen LogP contribution in [0.3, 0.4) is 0 Å². The maximum absolute atomic E-state index is 11.9. The summed E-state index contributed by atoms with van der Waals surface area (Å²) in [7, 11) is 0. The van der Waals surface area contributed by atoms with Gasteiger partial charge in [0.2, 0.25) is 5.91 Å². The maximum atomic E-state index is 11.9. The number of carbonyl (C=O) groups excluding carboxylic acids is 1. The minimum Gasteiger partial charge on any atom is -0.377 e. The van der Waals surface area contributed by atoms with Crippen LogP contribution in [-0.2, 0) is 9.53 Å². The molecule has 2 rings (SSSR count). The van der Waals surface area contributed by atoms with Gasteiger partial charge in [0, 0.05) is 12.6 Å². The highest BCUT2D eigenvalue weighted by atomic mass is 16.5. The summed E-state index contributed by atoms with van der Waals surface area (Å²) in [5, 5.41) is 6.24. The van der Waals surface area contributed by atoms with E-state index in [1.807, 2.05) is 37.3 Å². The van der Waals surface area contributed by atoms with E-state index in [0.717, 1.165) is 25.0 Å². The Bertz CT molecular complexity index is 416. The highest BCUT2D eigenvalue weighted by Gasteiger charge is 2.22. The smallest absolute Gasteiger partial charge is 0.234 e. The second kappa shape index (κ2) is 7.41. The lowest BCUT2D eigenvalue weighted by Gasteiger charge is -2.20. The molecule has 1 aromatic carbocycles. The minimum absolute atomic E-state index is 0.0196. The summed E-state index contributed by atoms with van der Waals surface area (Å²) in [4.78, 5) is 11.9. The van der Waals surface area contributed by atoms with E-state index in [4.69, 9.17) is 4.74 Å². The van der Waals surface area contributed by atoms with E-state index in [2.05, 4.69) is 17.6 Å². The Labute approximate surface area is 120 Å². The van der Waals surface area contributed by atoms with Gasteiger partial charge in [0.15, 0.2) is 0 Å². The Morgan fingerprint density at radius 3 is 2.75 bits per heavy atom. The average Bonchev–Trinajstić information content (AvgIpc) is 3.00. The van der Waals surface area contributed by atoms with Crippen LogP contribution in [0.4, 0.5) is 0 Å². The molecule has 1 amide bonds. The molecule has 1 fully saturated rings. The fourth-order valence-corrected chi connectivity index (χ4v) is 2.50. The van der Waals surface area contributed by atoms with Crippen molar-refractivity contribution in [1.29, 1.82) is 0 Å². The van der Waals surface area contributed by atoms with E-state index < -0.39 is 0 Å². The first-order valence-corrected chi connectivity index (χ1v) is 7.36. The number of hydrogen-bond donors (Lipinski definition) is 2. The zero-order valence-corrected chi connectivity index (χ0v) is 12.3. The summed E-state index contributed by atoms with van der Waals surface area (Å²) in [6, 6.07) is 10.2. The normalized spacial score (nSPS) is 21.4. The van der Waals surface area contributed by atoms with Crippen molar-refractivity contribution in [2.45, 2.75) is 44.9 Å². The molecule has 0 spiro atoms. The molecule has 0 aromatic heterocycles. The Morgan fingerprint density at radius 1 is 1.35 bits per heavy atom. The van der Waals surface area contributed by atoms with Gasteiger partial charge >= 0.3 is 0 Å². The molecule has 1 heterocycles. The van der Waals surface area contributed by atoms with Gasteiger partial charge in [0.1, 0.15) is 0 Å². The predicted octanol–water partition coefficient (Wildman–Crippen LogP) is 2.02. The highest BCUT2D eigenvalue weighted by Crippen LogP contribution is 2.15. The van der Waals surface area contributed by atoms with Gasteiger partial charge in [-0.3, -0.25) is 4.79 Å². The topological polar surface area (TPSA) is 50.4 Å². The predicted molar refractivity (Wildman–Crippen MR) is 79.4 cm³/mol. The minimum atomic E-state index is 0.0196. The van der Waals surface area contributed by atoms with Gasteiger partial charge in [-0.1, -0.05) is 30.3 Å². The van der Waals surface area contributed by atoms with Crippen molar-refractivity contribution in [3.63, 3.8) is 0 Å². The first kappa shape index (κ1) is 15.0. The van der Waals surface area contributed by atoms with Crippen LogP contribution in [0.15, 0.2) is 30.3 Å². The van der Waals surface area contributed by atoms with Crippen LogP contribution >= 0.6 is 0 Å². The molecule has 2 N–H and O–H groups in total. The second-order valence-electron chi connectivity index (χ2n) is 5.42. The van der Waals surface area contributed by atoms with Crippen LogP contribution in [0.2, 0.25) is 0 Å². The molecule has 0 aliphatic carbocycles. The summed E-state index contributed by atoms with van der Waals surface area (Å²) in [6.07, 6.45) is 2.44. The maximum Gasteiger partial charge on any atom is 0.234 e. The van der Waals surface area contributed by atoms with Gasteiger partial charge in [-0.05, 0) is 32.3 Å². The molecule has 4 heteroatoms. The van der Waals surface area contributed by atoms with Crippen molar-refractivity contribution >= 4 is 5.91 Å². The fraction of sp³-hybridized carbons (Fsp3) is 0.562. The standard InChI is InChI=1S/C16H24N2O2/c1-12(14-7-4-3-5-8-14)18-16(19)11-17-13(2)15-9-6-10-20-15/h3-5,7-8,12-13,15,17H,6,9-11H2,1-2H3,(H,18,19). The van der Waals surface area contributed by atoms with Gasteiger partial charge in [0.25, 0.3) is 0 Å². The summed E-state index contributed by atoms with van der Waals surface area (Å²) < 4.78 is 5.60. The first-order chi connectivity index (χ1) is 9.66. The Kier molecular flexibility index (Phi) is 5.56. The third-order valence-corrected chi connectivity index (χ3v) is 3.78. The average molecular weight is 276 g/mol. The molecule has 1 saturated heterocycles. The largest absolute Gasteiger partial charge is 0.377 e. The Hall–Kier alpha value is -1.39. The lowest BCUT2D eigenvalue weighted by Crippen LogP contribution is -2.43. The summed E-state index contributed by atoms with van der Waals surface area (Å²) in [6.45, 7) is 5.24. The molecule has 0 bridgehead atoms. The van der Waals surface area contributed by atoms with Crippen molar-refractivity contribution in [3.05, 3.63) is 35.9 Å². The van der Waals surface area contributed by atoms with Crippen molar-refractivity contribution in [1.82, 2.24) is 10.6 Å². The van der Waals surface area contributed by atoms with Crippen molar-refractivity contribution in [3.8, 4) is 0 Å². The lowest BCUT2D eigenvalue weighted by atomic mass is 10.1. The van der Waals surface area contributed by atoms with Crippen LogP contribution in [0.1, 0.15) is 38.3 Å². The fourth-order valence-electron chi connectivity index (χ4n) is 2.50. The number of benzene rings is 1. The molecule has 3 atom stereocenters. The highest BCUT2D eigenvalue weighted by molar-refractivity contribution is 5.78. The van der Waals surface area contributed by atoms with Crippen LogP contribution in [0, 0.1) is 0 Å². The molecule has 0 saturated carbocycles. The van der Waals surface area contributed by atoms with E-state index in [1.54, 1.807) is 0 Å². The van der Waals surface area contributed by atoms with Gasteiger partial charge in [0.05, 0.1) is 18.7 Å². The monoisotopic (exact) mass is 276 g/mol. The van der Waals surface area contributed by atoms with Crippen LogP contribution < -0.4 is 10.6 Å². The molecule has 0 radical (unpaired) electrons. The number of nitrogens with one attached hydrogen (secondary N) is 2. The number of ether oxygens (including phenoxy) is 1. The molecule has 1 aromatic rings. The van der Waals surface area contributed by atoms with Crippen molar-refractivity contribution in [2.24, 2.45) is 0 Å². The quantitative estimate of drug-likeness (QED) is 0.836. The zero-order valence-electron chi connectivity index (χ0n) is 12.3. The SMILES string of the molecule is CC(NC(=O)CNC(C)C1CCCO1)c1ccccc1. The van der Waals surface area contributed by atoms with Crippen molar-refractivity contribution in [2.75, 3.05) is 13.2 Å². The van der Waals surface area contributed by atoms with E-state index in [-0.39, 0.29) is 24.1 Å². The summed E-state index contributed by atoms with van der Waals surface area (Å²) >= 11 is 0. The summed E-state index contributed by atoms with van der Waals surface area (Å²) in [5.74, 6) is 0.0196. The summed E-state index contributed by atoms with van der Waals surface area (Å²) in [5.41, 5.74) is 1.12. The van der Waals surface area contributed by atoms with Crippen molar-refractivity contribution < 1.29 is 9.53 Å². The van der Waals surface area contributed by atoms with Gasteiger partial charge in [-0.15, -0.1) is 0 Å². The van der Waals surface area contributed by atoms with Crippen LogP contribution in [0.25, 0.3) is 0 Å². The molecule has 4 nitrogen and oxygen atoms in total. The third kappa shape index (κ3) is 4.32. The number of rotatable bonds is 6.